The Bertz CT molecular complexity index is 1470. The lowest BCUT2D eigenvalue weighted by Crippen LogP contribution is -2.41. The first-order chi connectivity index (χ1) is 16.7. The lowest BCUT2D eigenvalue weighted by molar-refractivity contribution is -0.384. The number of benzene rings is 3. The molecular formula is C23H14Cl2N4O5S. The van der Waals surface area contributed by atoms with Gasteiger partial charge >= 0.3 is 0 Å². The zero-order valence-corrected chi connectivity index (χ0v) is 19.8. The van der Waals surface area contributed by atoms with Crippen molar-refractivity contribution in [1.29, 1.82) is 0 Å². The van der Waals surface area contributed by atoms with Gasteiger partial charge in [-0.2, -0.15) is 0 Å². The van der Waals surface area contributed by atoms with E-state index in [4.69, 9.17) is 23.2 Å². The number of halogens is 2. The topological polar surface area (TPSA) is 130 Å². The summed E-state index contributed by atoms with van der Waals surface area (Å²) in [6.45, 7) is 0. The van der Waals surface area contributed by atoms with Crippen molar-refractivity contribution >= 4 is 73.7 Å². The monoisotopic (exact) mass is 528 g/mol. The number of carbonyl (C=O) groups excluding carboxylic acids is 3. The van der Waals surface area contributed by atoms with E-state index < -0.39 is 22.6 Å². The Morgan fingerprint density at radius 3 is 1.94 bits per heavy atom. The van der Waals surface area contributed by atoms with Crippen molar-refractivity contribution in [1.82, 2.24) is 10.9 Å². The number of rotatable bonds is 5. The molecule has 4 aromatic rings. The van der Waals surface area contributed by atoms with Crippen molar-refractivity contribution in [3.8, 4) is 0 Å². The number of hydrogen-bond acceptors (Lipinski definition) is 6. The van der Waals surface area contributed by atoms with Crippen LogP contribution in [0.5, 0.6) is 0 Å². The molecule has 0 aliphatic rings. The fourth-order valence-electron chi connectivity index (χ4n) is 3.07. The number of non-ortho nitro benzene ring substituents is 1. The van der Waals surface area contributed by atoms with Gasteiger partial charge in [0.25, 0.3) is 23.4 Å². The quantitative estimate of drug-likeness (QED) is 0.234. The van der Waals surface area contributed by atoms with Crippen molar-refractivity contribution in [2.45, 2.75) is 0 Å². The SMILES string of the molecule is O=C(NNC(=O)c1ccc(NC(=O)c2sc3cc([N+](=O)[O-])ccc3c2Cl)cc1)c1ccc(Cl)cc1. The second-order valence-electron chi connectivity index (χ2n) is 7.13. The summed E-state index contributed by atoms with van der Waals surface area (Å²) in [7, 11) is 0. The predicted molar refractivity (Wildman–Crippen MR) is 134 cm³/mol. The first kappa shape index (κ1) is 24.1. The molecule has 176 valence electrons. The maximum atomic E-state index is 12.7. The second-order valence-corrected chi connectivity index (χ2v) is 9.00. The van der Waals surface area contributed by atoms with Crippen LogP contribution < -0.4 is 16.2 Å². The van der Waals surface area contributed by atoms with Crippen molar-refractivity contribution in [2.24, 2.45) is 0 Å². The number of amides is 3. The molecule has 3 aromatic carbocycles. The summed E-state index contributed by atoms with van der Waals surface area (Å²) < 4.78 is 0.516. The van der Waals surface area contributed by atoms with Crippen molar-refractivity contribution < 1.29 is 19.3 Å². The average Bonchev–Trinajstić information content (AvgIpc) is 3.19. The lowest BCUT2D eigenvalue weighted by Gasteiger charge is -2.09. The van der Waals surface area contributed by atoms with Crippen LogP contribution in [-0.4, -0.2) is 22.6 Å². The Morgan fingerprint density at radius 1 is 0.800 bits per heavy atom. The van der Waals surface area contributed by atoms with Crippen molar-refractivity contribution in [3.05, 3.63) is 103 Å². The summed E-state index contributed by atoms with van der Waals surface area (Å²) in [5.41, 5.74) is 5.48. The summed E-state index contributed by atoms with van der Waals surface area (Å²) in [5, 5.41) is 14.9. The van der Waals surface area contributed by atoms with Crippen LogP contribution in [0.3, 0.4) is 0 Å². The van der Waals surface area contributed by atoms with Gasteiger partial charge in [-0.25, -0.2) is 0 Å². The highest BCUT2D eigenvalue weighted by atomic mass is 35.5. The van der Waals surface area contributed by atoms with Crippen molar-refractivity contribution in [3.63, 3.8) is 0 Å². The number of nitro groups is 1. The van der Waals surface area contributed by atoms with Gasteiger partial charge in [0.15, 0.2) is 0 Å². The highest BCUT2D eigenvalue weighted by Crippen LogP contribution is 2.37. The molecule has 1 heterocycles. The molecule has 0 unspecified atom stereocenters. The minimum absolute atomic E-state index is 0.0967. The Labute approximate surface area is 211 Å². The molecule has 0 aliphatic carbocycles. The summed E-state index contributed by atoms with van der Waals surface area (Å²) in [6.07, 6.45) is 0. The van der Waals surface area contributed by atoms with Gasteiger partial charge in [0.05, 0.1) is 9.95 Å². The van der Waals surface area contributed by atoms with Crippen LogP contribution in [0.15, 0.2) is 66.7 Å². The van der Waals surface area contributed by atoms with E-state index in [1.54, 1.807) is 12.1 Å². The summed E-state index contributed by atoms with van der Waals surface area (Å²) in [5.74, 6) is -1.56. The Kier molecular flexibility index (Phi) is 6.97. The van der Waals surface area contributed by atoms with E-state index in [0.717, 1.165) is 11.3 Å². The number of thiophene rings is 1. The van der Waals surface area contributed by atoms with Gasteiger partial charge in [0.1, 0.15) is 4.88 Å². The molecule has 0 fully saturated rings. The molecule has 4 rings (SSSR count). The number of nitro benzene ring substituents is 1. The third-order valence-electron chi connectivity index (χ3n) is 4.83. The van der Waals surface area contributed by atoms with Gasteiger partial charge in [-0.05, 0) is 54.6 Å². The molecule has 3 amide bonds. The average molecular weight is 529 g/mol. The maximum Gasteiger partial charge on any atom is 0.270 e. The van der Waals surface area contributed by atoms with E-state index in [9.17, 15) is 24.5 Å². The molecule has 0 bridgehead atoms. The van der Waals surface area contributed by atoms with E-state index in [1.165, 1.54) is 54.6 Å². The predicted octanol–water partition coefficient (Wildman–Crippen LogP) is 5.44. The maximum absolute atomic E-state index is 12.7. The van der Waals surface area contributed by atoms with Crippen LogP contribution in [-0.2, 0) is 0 Å². The number of nitrogens with one attached hydrogen (secondary N) is 3. The Morgan fingerprint density at radius 2 is 1.37 bits per heavy atom. The molecule has 0 saturated carbocycles. The highest BCUT2D eigenvalue weighted by molar-refractivity contribution is 7.21. The zero-order valence-electron chi connectivity index (χ0n) is 17.5. The highest BCUT2D eigenvalue weighted by Gasteiger charge is 2.19. The number of fused-ring (bicyclic) bond motifs is 1. The molecule has 3 N–H and O–H groups in total. The molecule has 12 heteroatoms. The van der Waals surface area contributed by atoms with E-state index in [1.807, 2.05) is 0 Å². The molecule has 9 nitrogen and oxygen atoms in total. The van der Waals surface area contributed by atoms with Crippen LogP contribution >= 0.6 is 34.5 Å². The van der Waals surface area contributed by atoms with Crippen LogP contribution in [0, 0.1) is 10.1 Å². The van der Waals surface area contributed by atoms with Crippen molar-refractivity contribution in [2.75, 3.05) is 5.32 Å². The zero-order chi connectivity index (χ0) is 25.1. The van der Waals surface area contributed by atoms with E-state index >= 15 is 0 Å². The molecule has 0 spiro atoms. The van der Waals surface area contributed by atoms with Gasteiger partial charge in [-0.1, -0.05) is 23.2 Å². The first-order valence-electron chi connectivity index (χ1n) is 9.87. The second kappa shape index (κ2) is 10.1. The minimum Gasteiger partial charge on any atom is -0.321 e. The first-order valence-corrected chi connectivity index (χ1v) is 11.4. The molecule has 0 aliphatic heterocycles. The normalized spacial score (nSPS) is 10.6. The lowest BCUT2D eigenvalue weighted by atomic mass is 10.2. The van der Waals surface area contributed by atoms with Gasteiger partial charge in [-0.15, -0.1) is 11.3 Å². The molecule has 1 aromatic heterocycles. The number of hydrazine groups is 1. The van der Waals surface area contributed by atoms with Gasteiger partial charge in [-0.3, -0.25) is 35.3 Å². The van der Waals surface area contributed by atoms with E-state index in [-0.39, 0.29) is 21.2 Å². The molecule has 35 heavy (non-hydrogen) atoms. The molecule has 0 atom stereocenters. The van der Waals surface area contributed by atoms with Crippen LogP contribution in [0.25, 0.3) is 10.1 Å². The van der Waals surface area contributed by atoms with E-state index in [0.29, 0.717) is 26.4 Å². The third kappa shape index (κ3) is 5.40. The van der Waals surface area contributed by atoms with Gasteiger partial charge < -0.3 is 5.32 Å². The van der Waals surface area contributed by atoms with E-state index in [2.05, 4.69) is 16.2 Å². The molecular weight excluding hydrogens is 515 g/mol. The number of anilines is 1. The smallest absolute Gasteiger partial charge is 0.270 e. The minimum atomic E-state index is -0.556. The number of hydrogen-bond donors (Lipinski definition) is 3. The summed E-state index contributed by atoms with van der Waals surface area (Å²) >= 11 is 13.1. The van der Waals surface area contributed by atoms with Crippen LogP contribution in [0.4, 0.5) is 11.4 Å². The summed E-state index contributed by atoms with van der Waals surface area (Å²) in [6, 6.07) is 16.3. The van der Waals surface area contributed by atoms with Crippen LogP contribution in [0.1, 0.15) is 30.4 Å². The van der Waals surface area contributed by atoms with Crippen LogP contribution in [0.2, 0.25) is 10.0 Å². The number of carbonyl (C=O) groups is 3. The largest absolute Gasteiger partial charge is 0.321 e. The Hall–Kier alpha value is -3.99. The molecule has 0 saturated heterocycles. The summed E-state index contributed by atoms with van der Waals surface area (Å²) in [4.78, 5) is 47.8. The Balaban J connectivity index is 1.39. The fourth-order valence-corrected chi connectivity index (χ4v) is 4.64. The molecule has 0 radical (unpaired) electrons. The van der Waals surface area contributed by atoms with Gasteiger partial charge in [0.2, 0.25) is 0 Å². The third-order valence-corrected chi connectivity index (χ3v) is 6.74. The fraction of sp³-hybridized carbons (Fsp3) is 0. The number of nitrogens with zero attached hydrogens (tertiary/aromatic N) is 1. The standard InChI is InChI=1S/C23H14Cl2N4O5S/c24-14-5-1-12(2-6-14)21(30)27-28-22(31)13-3-7-15(8-4-13)26-23(32)20-19(25)17-10-9-16(29(33)34)11-18(17)35-20/h1-11H,(H,26,32)(H,27,30)(H,28,31). The van der Waals surface area contributed by atoms with Gasteiger partial charge in [0, 0.05) is 44.1 Å².